The number of sulfonamides is 1. The number of imidazole rings is 1. The Hall–Kier alpha value is -2.35. The number of hydrogen-bond donors (Lipinski definition) is 1. The van der Waals surface area contributed by atoms with Gasteiger partial charge in [-0.25, -0.2) is 13.4 Å². The van der Waals surface area contributed by atoms with Crippen LogP contribution in [0, 0.1) is 6.92 Å². The fraction of sp³-hybridized carbons (Fsp3) is 0.412. The molecular weight excluding hydrogens is 340 g/mol. The summed E-state index contributed by atoms with van der Waals surface area (Å²) in [5, 5.41) is 2.88. The Labute approximate surface area is 147 Å². The first-order chi connectivity index (χ1) is 12.0. The smallest absolute Gasteiger partial charge is 0.251 e. The lowest BCUT2D eigenvalue weighted by Gasteiger charge is -2.17. The molecule has 1 aliphatic heterocycles. The summed E-state index contributed by atoms with van der Waals surface area (Å²) in [6.07, 6.45) is 5.08. The van der Waals surface area contributed by atoms with Gasteiger partial charge in [0, 0.05) is 37.6 Å². The number of nitrogens with zero attached hydrogens (tertiary/aromatic N) is 3. The molecule has 1 amide bonds. The molecule has 1 fully saturated rings. The molecule has 1 aromatic carbocycles. The minimum atomic E-state index is -3.24. The highest BCUT2D eigenvalue weighted by Gasteiger charge is 2.28. The van der Waals surface area contributed by atoms with Crippen LogP contribution in [0.5, 0.6) is 0 Å². The molecule has 1 saturated heterocycles. The molecule has 3 rings (SSSR count). The van der Waals surface area contributed by atoms with Gasteiger partial charge in [0.1, 0.15) is 5.82 Å². The Morgan fingerprint density at radius 2 is 2.20 bits per heavy atom. The Kier molecular flexibility index (Phi) is 5.08. The van der Waals surface area contributed by atoms with E-state index in [0.29, 0.717) is 30.8 Å². The molecule has 0 aliphatic carbocycles. The van der Waals surface area contributed by atoms with Crippen molar-refractivity contribution in [1.29, 1.82) is 0 Å². The van der Waals surface area contributed by atoms with Crippen LogP contribution in [0.1, 0.15) is 29.0 Å². The van der Waals surface area contributed by atoms with Crippen molar-refractivity contribution in [2.24, 2.45) is 0 Å². The molecule has 2 heterocycles. The molecule has 7 nitrogen and oxygen atoms in total. The van der Waals surface area contributed by atoms with Crippen molar-refractivity contribution in [3.63, 3.8) is 0 Å². The first-order valence-corrected chi connectivity index (χ1v) is 9.95. The maximum Gasteiger partial charge on any atom is 0.251 e. The number of carbonyl (C=O) groups excluding carboxylic acids is 1. The van der Waals surface area contributed by atoms with Gasteiger partial charge >= 0.3 is 0 Å². The quantitative estimate of drug-likeness (QED) is 0.790. The number of anilines is 1. The number of aromatic nitrogens is 2. The zero-order valence-corrected chi connectivity index (χ0v) is 15.0. The minimum absolute atomic E-state index is 0.164. The van der Waals surface area contributed by atoms with Gasteiger partial charge in [-0.15, -0.1) is 0 Å². The summed E-state index contributed by atoms with van der Waals surface area (Å²) in [7, 11) is -3.24. The van der Waals surface area contributed by atoms with Gasteiger partial charge in [0.2, 0.25) is 10.0 Å². The summed E-state index contributed by atoms with van der Waals surface area (Å²) in [5.74, 6) is 0.920. The molecular formula is C17H22N4O3S. The maximum atomic E-state index is 12.3. The summed E-state index contributed by atoms with van der Waals surface area (Å²) in [6, 6.07) is 6.77. The number of amides is 1. The monoisotopic (exact) mass is 362 g/mol. The number of benzene rings is 1. The number of hydrogen-bond acceptors (Lipinski definition) is 4. The summed E-state index contributed by atoms with van der Waals surface area (Å²) < 4.78 is 27.4. The third-order valence-corrected chi connectivity index (χ3v) is 6.15. The summed E-state index contributed by atoms with van der Waals surface area (Å²) in [5.41, 5.74) is 1.03. The van der Waals surface area contributed by atoms with E-state index in [-0.39, 0.29) is 11.7 Å². The van der Waals surface area contributed by atoms with E-state index in [1.165, 1.54) is 4.31 Å². The van der Waals surface area contributed by atoms with E-state index in [1.54, 1.807) is 30.5 Å². The van der Waals surface area contributed by atoms with E-state index in [0.717, 1.165) is 18.8 Å². The zero-order chi connectivity index (χ0) is 17.9. The Morgan fingerprint density at radius 3 is 2.88 bits per heavy atom. The van der Waals surface area contributed by atoms with E-state index < -0.39 is 10.0 Å². The first kappa shape index (κ1) is 17.5. The van der Waals surface area contributed by atoms with Crippen molar-refractivity contribution in [1.82, 2.24) is 14.9 Å². The number of aryl methyl sites for hydroxylation is 2. The van der Waals surface area contributed by atoms with E-state index in [1.807, 2.05) is 17.7 Å². The van der Waals surface area contributed by atoms with Crippen LogP contribution in [-0.2, 0) is 16.6 Å². The second-order valence-electron chi connectivity index (χ2n) is 6.07. The predicted octanol–water partition coefficient (Wildman–Crippen LogP) is 1.55. The third kappa shape index (κ3) is 4.01. The highest BCUT2D eigenvalue weighted by Crippen LogP contribution is 2.24. The SMILES string of the molecule is Cc1nccn1CCCNC(=O)c1cccc(N2CCCS2(=O)=O)c1. The van der Waals surface area contributed by atoms with Crippen LogP contribution in [0.2, 0.25) is 0 Å². The molecule has 1 aromatic heterocycles. The van der Waals surface area contributed by atoms with Crippen molar-refractivity contribution >= 4 is 21.6 Å². The molecule has 0 spiro atoms. The summed E-state index contributed by atoms with van der Waals surface area (Å²) in [4.78, 5) is 16.5. The lowest BCUT2D eigenvalue weighted by atomic mass is 10.2. The van der Waals surface area contributed by atoms with Crippen LogP contribution in [-0.4, -0.2) is 42.7 Å². The van der Waals surface area contributed by atoms with Crippen LogP contribution in [0.25, 0.3) is 0 Å². The highest BCUT2D eigenvalue weighted by molar-refractivity contribution is 7.93. The number of nitrogens with one attached hydrogen (secondary N) is 1. The van der Waals surface area contributed by atoms with Crippen LogP contribution >= 0.6 is 0 Å². The molecule has 1 aliphatic rings. The molecule has 0 saturated carbocycles. The Morgan fingerprint density at radius 1 is 1.36 bits per heavy atom. The fourth-order valence-electron chi connectivity index (χ4n) is 2.93. The molecule has 0 unspecified atom stereocenters. The standard InChI is InChI=1S/C17H22N4O3S/c1-14-18-8-11-20(14)9-3-7-19-17(22)15-5-2-6-16(13-15)21-10-4-12-25(21,23)24/h2,5-6,8,11,13H,3-4,7,9-10,12H2,1H3,(H,19,22). The summed E-state index contributed by atoms with van der Waals surface area (Å²) >= 11 is 0. The van der Waals surface area contributed by atoms with Crippen LogP contribution in [0.4, 0.5) is 5.69 Å². The molecule has 134 valence electrons. The second kappa shape index (κ2) is 7.26. The van der Waals surface area contributed by atoms with Gasteiger partial charge in [0.05, 0.1) is 11.4 Å². The Bertz CT molecular complexity index is 860. The van der Waals surface area contributed by atoms with Crippen molar-refractivity contribution in [2.45, 2.75) is 26.3 Å². The van der Waals surface area contributed by atoms with E-state index in [2.05, 4.69) is 10.3 Å². The van der Waals surface area contributed by atoms with Gasteiger partial charge in [-0.05, 0) is 38.0 Å². The minimum Gasteiger partial charge on any atom is -0.352 e. The molecule has 8 heteroatoms. The maximum absolute atomic E-state index is 12.3. The zero-order valence-electron chi connectivity index (χ0n) is 14.2. The van der Waals surface area contributed by atoms with E-state index in [4.69, 9.17) is 0 Å². The van der Waals surface area contributed by atoms with Crippen LogP contribution < -0.4 is 9.62 Å². The van der Waals surface area contributed by atoms with Gasteiger partial charge in [-0.1, -0.05) is 6.07 Å². The van der Waals surface area contributed by atoms with Crippen molar-refractivity contribution in [3.05, 3.63) is 48.0 Å². The van der Waals surface area contributed by atoms with Crippen LogP contribution in [0.3, 0.4) is 0 Å². The lowest BCUT2D eigenvalue weighted by molar-refractivity contribution is 0.0952. The van der Waals surface area contributed by atoms with Gasteiger partial charge in [-0.3, -0.25) is 9.10 Å². The molecule has 0 atom stereocenters. The first-order valence-electron chi connectivity index (χ1n) is 8.34. The van der Waals surface area contributed by atoms with Crippen molar-refractivity contribution in [2.75, 3.05) is 23.1 Å². The predicted molar refractivity (Wildman–Crippen MR) is 96.1 cm³/mol. The largest absolute Gasteiger partial charge is 0.352 e. The van der Waals surface area contributed by atoms with E-state index >= 15 is 0 Å². The van der Waals surface area contributed by atoms with E-state index in [9.17, 15) is 13.2 Å². The van der Waals surface area contributed by atoms with Gasteiger partial charge in [-0.2, -0.15) is 0 Å². The number of rotatable bonds is 6. The van der Waals surface area contributed by atoms with Gasteiger partial charge < -0.3 is 9.88 Å². The Balaban J connectivity index is 1.57. The van der Waals surface area contributed by atoms with Crippen molar-refractivity contribution in [3.8, 4) is 0 Å². The molecule has 1 N–H and O–H groups in total. The molecule has 2 aromatic rings. The topological polar surface area (TPSA) is 84.3 Å². The fourth-order valence-corrected chi connectivity index (χ4v) is 4.48. The average Bonchev–Trinajstić information content (AvgIpc) is 3.16. The van der Waals surface area contributed by atoms with Crippen molar-refractivity contribution < 1.29 is 13.2 Å². The molecule has 0 bridgehead atoms. The normalized spacial score (nSPS) is 16.1. The number of carbonyl (C=O) groups is 1. The van der Waals surface area contributed by atoms with Gasteiger partial charge in [0.15, 0.2) is 0 Å². The third-order valence-electron chi connectivity index (χ3n) is 4.28. The highest BCUT2D eigenvalue weighted by atomic mass is 32.2. The van der Waals surface area contributed by atoms with Gasteiger partial charge in [0.25, 0.3) is 5.91 Å². The lowest BCUT2D eigenvalue weighted by Crippen LogP contribution is -2.27. The second-order valence-corrected chi connectivity index (χ2v) is 8.08. The molecule has 25 heavy (non-hydrogen) atoms. The van der Waals surface area contributed by atoms with Crippen LogP contribution in [0.15, 0.2) is 36.7 Å². The average molecular weight is 362 g/mol. The summed E-state index contributed by atoms with van der Waals surface area (Å²) in [6.45, 7) is 3.75. The molecule has 0 radical (unpaired) electrons.